The Morgan fingerprint density at radius 3 is 1.89 bits per heavy atom. The van der Waals surface area contributed by atoms with Gasteiger partial charge < -0.3 is 5.73 Å². The number of nitrogens with two attached hydrogens (primary N) is 1. The summed E-state index contributed by atoms with van der Waals surface area (Å²) >= 11 is 0. The van der Waals surface area contributed by atoms with Crippen LogP contribution in [0, 0.1) is 0 Å². The Balaban J connectivity index is 1.47. The second-order valence-corrected chi connectivity index (χ2v) is 7.09. The summed E-state index contributed by atoms with van der Waals surface area (Å²) in [7, 11) is 0. The second kappa shape index (κ2) is 8.33. The maximum Gasteiger partial charge on any atom is 0.123 e. The van der Waals surface area contributed by atoms with E-state index < -0.39 is 0 Å². The van der Waals surface area contributed by atoms with Gasteiger partial charge in [-0.25, -0.2) is 4.98 Å². The summed E-state index contributed by atoms with van der Waals surface area (Å²) in [6.45, 7) is 5.01. The second-order valence-electron chi connectivity index (χ2n) is 7.09. The molecule has 1 aliphatic heterocycles. The van der Waals surface area contributed by atoms with E-state index in [1.54, 1.807) is 0 Å². The number of hydrogen-bond donors (Lipinski definition) is 1. The zero-order valence-corrected chi connectivity index (χ0v) is 15.5. The van der Waals surface area contributed by atoms with E-state index in [2.05, 4.69) is 81.5 Å². The summed E-state index contributed by atoms with van der Waals surface area (Å²) in [5.74, 6) is 0.597. The molecule has 1 aromatic heterocycles. The van der Waals surface area contributed by atoms with Crippen molar-refractivity contribution in [1.29, 1.82) is 0 Å². The standard InChI is InChI=1S/C23H26N4/c24-22-13-7-12-21(25-22)18-26-14-16-27(17-15-26)23(19-8-3-1-4-9-19)20-10-5-2-6-11-20/h1-13,23H,14-18H2,(H2,24,25). The average Bonchev–Trinajstić information content (AvgIpc) is 2.71. The van der Waals surface area contributed by atoms with E-state index in [1.807, 2.05) is 12.1 Å². The van der Waals surface area contributed by atoms with Gasteiger partial charge in [-0.3, -0.25) is 9.80 Å². The van der Waals surface area contributed by atoms with Crippen molar-refractivity contribution >= 4 is 5.82 Å². The van der Waals surface area contributed by atoms with E-state index >= 15 is 0 Å². The van der Waals surface area contributed by atoms with E-state index in [9.17, 15) is 0 Å². The molecular weight excluding hydrogens is 332 g/mol. The van der Waals surface area contributed by atoms with Gasteiger partial charge in [-0.05, 0) is 23.3 Å². The van der Waals surface area contributed by atoms with Gasteiger partial charge in [-0.2, -0.15) is 0 Å². The van der Waals surface area contributed by atoms with E-state index in [4.69, 9.17) is 5.73 Å². The molecule has 1 saturated heterocycles. The largest absolute Gasteiger partial charge is 0.384 e. The summed E-state index contributed by atoms with van der Waals surface area (Å²) in [5, 5.41) is 0. The van der Waals surface area contributed by atoms with Crippen molar-refractivity contribution in [2.45, 2.75) is 12.6 Å². The van der Waals surface area contributed by atoms with E-state index in [0.717, 1.165) is 38.4 Å². The first-order chi connectivity index (χ1) is 13.3. The lowest BCUT2D eigenvalue weighted by Crippen LogP contribution is -2.47. The number of anilines is 1. The minimum absolute atomic E-state index is 0.306. The summed E-state index contributed by atoms with van der Waals surface area (Å²) in [6.07, 6.45) is 0. The van der Waals surface area contributed by atoms with Crippen LogP contribution in [0.1, 0.15) is 22.9 Å². The van der Waals surface area contributed by atoms with Crippen molar-refractivity contribution in [2.24, 2.45) is 0 Å². The lowest BCUT2D eigenvalue weighted by atomic mass is 9.96. The third kappa shape index (κ3) is 4.35. The van der Waals surface area contributed by atoms with Gasteiger partial charge in [0, 0.05) is 32.7 Å². The molecule has 4 rings (SSSR count). The Morgan fingerprint density at radius 1 is 0.741 bits per heavy atom. The molecule has 0 spiro atoms. The van der Waals surface area contributed by atoms with Gasteiger partial charge in [0.2, 0.25) is 0 Å². The number of piperazine rings is 1. The zero-order chi connectivity index (χ0) is 18.5. The molecule has 0 saturated carbocycles. The highest BCUT2D eigenvalue weighted by Gasteiger charge is 2.26. The predicted molar refractivity (Wildman–Crippen MR) is 110 cm³/mol. The molecule has 2 N–H and O–H groups in total. The topological polar surface area (TPSA) is 45.4 Å². The molecule has 0 atom stereocenters. The molecule has 2 heterocycles. The van der Waals surface area contributed by atoms with Crippen molar-refractivity contribution in [3.8, 4) is 0 Å². The monoisotopic (exact) mass is 358 g/mol. The molecule has 1 fully saturated rings. The Kier molecular flexibility index (Phi) is 5.47. The fraction of sp³-hybridized carbons (Fsp3) is 0.261. The Labute approximate surface area is 161 Å². The molecule has 4 heteroatoms. The summed E-state index contributed by atoms with van der Waals surface area (Å²) in [6, 6.07) is 27.8. The third-order valence-corrected chi connectivity index (χ3v) is 5.22. The highest BCUT2D eigenvalue weighted by atomic mass is 15.3. The van der Waals surface area contributed by atoms with Crippen LogP contribution in [0.5, 0.6) is 0 Å². The minimum Gasteiger partial charge on any atom is -0.384 e. The Bertz CT molecular complexity index is 803. The van der Waals surface area contributed by atoms with Crippen LogP contribution in [0.15, 0.2) is 78.9 Å². The molecule has 27 heavy (non-hydrogen) atoms. The van der Waals surface area contributed by atoms with Gasteiger partial charge in [0.25, 0.3) is 0 Å². The Morgan fingerprint density at radius 2 is 1.33 bits per heavy atom. The number of benzene rings is 2. The molecule has 2 aromatic carbocycles. The first kappa shape index (κ1) is 17.7. The van der Waals surface area contributed by atoms with Crippen LogP contribution in [-0.2, 0) is 6.54 Å². The number of nitrogen functional groups attached to an aromatic ring is 1. The van der Waals surface area contributed by atoms with Crippen LogP contribution < -0.4 is 5.73 Å². The SMILES string of the molecule is Nc1cccc(CN2CCN(C(c3ccccc3)c3ccccc3)CC2)n1. The van der Waals surface area contributed by atoms with Gasteiger partial charge in [0.1, 0.15) is 5.82 Å². The van der Waals surface area contributed by atoms with E-state index in [0.29, 0.717) is 11.9 Å². The smallest absolute Gasteiger partial charge is 0.123 e. The third-order valence-electron chi connectivity index (χ3n) is 5.22. The van der Waals surface area contributed by atoms with Gasteiger partial charge in [-0.15, -0.1) is 0 Å². The minimum atomic E-state index is 0.306. The molecule has 0 bridgehead atoms. The van der Waals surface area contributed by atoms with E-state index in [-0.39, 0.29) is 0 Å². The molecular formula is C23H26N4. The molecule has 0 unspecified atom stereocenters. The molecule has 0 radical (unpaired) electrons. The number of aromatic nitrogens is 1. The van der Waals surface area contributed by atoms with Gasteiger partial charge in [0.15, 0.2) is 0 Å². The maximum atomic E-state index is 5.82. The molecule has 138 valence electrons. The van der Waals surface area contributed by atoms with Crippen molar-refractivity contribution in [2.75, 3.05) is 31.9 Å². The van der Waals surface area contributed by atoms with Crippen molar-refractivity contribution in [1.82, 2.24) is 14.8 Å². The number of nitrogens with zero attached hydrogens (tertiary/aromatic N) is 3. The van der Waals surface area contributed by atoms with Crippen molar-refractivity contribution in [3.63, 3.8) is 0 Å². The van der Waals surface area contributed by atoms with Crippen LogP contribution in [-0.4, -0.2) is 41.0 Å². The average molecular weight is 358 g/mol. The molecule has 4 nitrogen and oxygen atoms in total. The summed E-state index contributed by atoms with van der Waals surface area (Å²) in [5.41, 5.74) is 9.58. The highest BCUT2D eigenvalue weighted by molar-refractivity contribution is 5.32. The summed E-state index contributed by atoms with van der Waals surface area (Å²) < 4.78 is 0. The Hall–Kier alpha value is -2.69. The lowest BCUT2D eigenvalue weighted by Gasteiger charge is -2.39. The van der Waals surface area contributed by atoms with Crippen LogP contribution in [0.4, 0.5) is 5.82 Å². The number of hydrogen-bond acceptors (Lipinski definition) is 4. The van der Waals surface area contributed by atoms with Crippen molar-refractivity contribution < 1.29 is 0 Å². The fourth-order valence-corrected chi connectivity index (χ4v) is 3.88. The van der Waals surface area contributed by atoms with Crippen LogP contribution in [0.25, 0.3) is 0 Å². The van der Waals surface area contributed by atoms with E-state index in [1.165, 1.54) is 11.1 Å². The number of pyridine rings is 1. The number of rotatable bonds is 5. The predicted octanol–water partition coefficient (Wildman–Crippen LogP) is 3.57. The molecule has 0 aliphatic carbocycles. The van der Waals surface area contributed by atoms with Gasteiger partial charge in [0.05, 0.1) is 11.7 Å². The molecule has 0 amide bonds. The molecule has 1 aliphatic rings. The highest BCUT2D eigenvalue weighted by Crippen LogP contribution is 2.29. The first-order valence-electron chi connectivity index (χ1n) is 9.57. The summed E-state index contributed by atoms with van der Waals surface area (Å²) in [4.78, 5) is 9.49. The quantitative estimate of drug-likeness (QED) is 0.757. The maximum absolute atomic E-state index is 5.82. The first-order valence-corrected chi connectivity index (χ1v) is 9.57. The van der Waals surface area contributed by atoms with Gasteiger partial charge in [-0.1, -0.05) is 66.7 Å². The molecule has 3 aromatic rings. The normalized spacial score (nSPS) is 15.9. The van der Waals surface area contributed by atoms with Crippen LogP contribution >= 0.6 is 0 Å². The lowest BCUT2D eigenvalue weighted by molar-refractivity contribution is 0.104. The fourth-order valence-electron chi connectivity index (χ4n) is 3.88. The van der Waals surface area contributed by atoms with Gasteiger partial charge >= 0.3 is 0 Å². The zero-order valence-electron chi connectivity index (χ0n) is 15.5. The van der Waals surface area contributed by atoms with Crippen molar-refractivity contribution in [3.05, 3.63) is 95.7 Å². The van der Waals surface area contributed by atoms with Crippen LogP contribution in [0.2, 0.25) is 0 Å². The van der Waals surface area contributed by atoms with Crippen LogP contribution in [0.3, 0.4) is 0 Å².